The molecule has 5 nitrogen and oxygen atoms in total. The van der Waals surface area contributed by atoms with E-state index in [2.05, 4.69) is 0 Å². The molecule has 1 saturated heterocycles. The highest BCUT2D eigenvalue weighted by Crippen LogP contribution is 2.56. The van der Waals surface area contributed by atoms with Crippen LogP contribution in [0.1, 0.15) is 37.8 Å². The second-order valence-corrected chi connectivity index (χ2v) is 7.54. The molecule has 0 radical (unpaired) electrons. The molecule has 6 heteroatoms. The number of aryl methyl sites for hydroxylation is 1. The highest BCUT2D eigenvalue weighted by Gasteiger charge is 2.61. The lowest BCUT2D eigenvalue weighted by molar-refractivity contribution is -0.143. The van der Waals surface area contributed by atoms with E-state index in [0.717, 1.165) is 23.3 Å². The number of rotatable bonds is 5. The maximum Gasteiger partial charge on any atom is 0.332 e. The number of likely N-dealkylation sites (tertiary alicyclic amines) is 1. The minimum atomic E-state index is -1.61. The topological polar surface area (TPSA) is 66.8 Å². The standard InChI is InChI=1S/C19H23NO4S/c1-4-6-9-20-14(11-16(21)24-5-2)17-19(23,18(20)22)13-10-12(3)7-8-15(13)25-17/h7-8,10-11,17,23H,4-6,9H2,1-3H3/b14-11+/t17-,19+/m1/s1. The molecule has 3 rings (SSSR count). The van der Waals surface area contributed by atoms with Gasteiger partial charge in [-0.2, -0.15) is 0 Å². The van der Waals surface area contributed by atoms with E-state index < -0.39 is 16.8 Å². The molecule has 1 fully saturated rings. The lowest BCUT2D eigenvalue weighted by Gasteiger charge is -2.22. The first-order valence-corrected chi connectivity index (χ1v) is 9.51. The normalized spacial score (nSPS) is 26.1. The van der Waals surface area contributed by atoms with Gasteiger partial charge in [-0.25, -0.2) is 4.79 Å². The molecule has 2 atom stereocenters. The Bertz CT molecular complexity index is 745. The molecule has 134 valence electrons. The summed E-state index contributed by atoms with van der Waals surface area (Å²) in [6, 6.07) is 5.76. The van der Waals surface area contributed by atoms with E-state index in [1.165, 1.54) is 17.8 Å². The van der Waals surface area contributed by atoms with Crippen LogP contribution in [0.4, 0.5) is 0 Å². The molecule has 0 spiro atoms. The molecule has 0 saturated carbocycles. The second-order valence-electron chi connectivity index (χ2n) is 6.40. The third-order valence-corrected chi connectivity index (χ3v) is 6.04. The van der Waals surface area contributed by atoms with Crippen LogP contribution in [0.2, 0.25) is 0 Å². The fourth-order valence-electron chi connectivity index (χ4n) is 3.37. The van der Waals surface area contributed by atoms with Gasteiger partial charge in [-0.05, 0) is 26.3 Å². The zero-order valence-electron chi connectivity index (χ0n) is 14.7. The Kier molecular flexibility index (Phi) is 4.93. The van der Waals surface area contributed by atoms with Crippen molar-refractivity contribution in [3.8, 4) is 0 Å². The largest absolute Gasteiger partial charge is 0.463 e. The zero-order valence-corrected chi connectivity index (χ0v) is 15.6. The van der Waals surface area contributed by atoms with Crippen molar-refractivity contribution < 1.29 is 19.4 Å². The Morgan fingerprint density at radius 1 is 1.44 bits per heavy atom. The predicted molar refractivity (Wildman–Crippen MR) is 96.1 cm³/mol. The molecule has 1 N–H and O–H groups in total. The van der Waals surface area contributed by atoms with Gasteiger partial charge in [0.2, 0.25) is 0 Å². The maximum absolute atomic E-state index is 13.1. The SMILES string of the molecule is CCCCN1C(=O)[C@]2(O)c3cc(C)ccc3S[C@@H]2/C1=C\C(=O)OCC. The van der Waals surface area contributed by atoms with Gasteiger partial charge in [-0.1, -0.05) is 31.0 Å². The molecule has 1 amide bonds. The van der Waals surface area contributed by atoms with Gasteiger partial charge in [-0.15, -0.1) is 11.8 Å². The molecule has 25 heavy (non-hydrogen) atoms. The number of amides is 1. The first kappa shape index (κ1) is 18.0. The van der Waals surface area contributed by atoms with E-state index in [1.807, 2.05) is 32.0 Å². The number of nitrogens with zero attached hydrogens (tertiary/aromatic N) is 1. The maximum atomic E-state index is 13.1. The lowest BCUT2D eigenvalue weighted by atomic mass is 9.90. The van der Waals surface area contributed by atoms with E-state index in [1.54, 1.807) is 11.8 Å². The Hall–Kier alpha value is -1.79. The van der Waals surface area contributed by atoms with Crippen molar-refractivity contribution in [2.45, 2.75) is 49.4 Å². The highest BCUT2D eigenvalue weighted by molar-refractivity contribution is 8.00. The van der Waals surface area contributed by atoms with Gasteiger partial charge in [0.05, 0.1) is 11.9 Å². The highest BCUT2D eigenvalue weighted by atomic mass is 32.2. The van der Waals surface area contributed by atoms with Crippen molar-refractivity contribution >= 4 is 23.6 Å². The van der Waals surface area contributed by atoms with Crippen LogP contribution in [-0.2, 0) is 19.9 Å². The van der Waals surface area contributed by atoms with Crippen molar-refractivity contribution in [3.05, 3.63) is 41.1 Å². The van der Waals surface area contributed by atoms with Crippen LogP contribution >= 0.6 is 11.8 Å². The van der Waals surface area contributed by atoms with E-state index in [0.29, 0.717) is 17.8 Å². The van der Waals surface area contributed by atoms with Crippen molar-refractivity contribution in [3.63, 3.8) is 0 Å². The predicted octanol–water partition coefficient (Wildman–Crippen LogP) is 2.75. The Morgan fingerprint density at radius 2 is 2.20 bits per heavy atom. The van der Waals surface area contributed by atoms with Crippen LogP contribution in [0.3, 0.4) is 0 Å². The van der Waals surface area contributed by atoms with Crippen LogP contribution in [0.5, 0.6) is 0 Å². The molecular formula is C19H23NO4S. The number of ether oxygens (including phenoxy) is 1. The monoisotopic (exact) mass is 361 g/mol. The molecule has 0 unspecified atom stereocenters. The summed E-state index contributed by atoms with van der Waals surface area (Å²) in [6.07, 6.45) is 3.09. The summed E-state index contributed by atoms with van der Waals surface area (Å²) in [7, 11) is 0. The molecule has 2 aliphatic heterocycles. The van der Waals surface area contributed by atoms with Gasteiger partial charge >= 0.3 is 5.97 Å². The number of hydrogen-bond acceptors (Lipinski definition) is 5. The minimum absolute atomic E-state index is 0.271. The van der Waals surface area contributed by atoms with E-state index in [4.69, 9.17) is 4.74 Å². The third kappa shape index (κ3) is 2.87. The van der Waals surface area contributed by atoms with Gasteiger partial charge in [0.1, 0.15) is 0 Å². The second kappa shape index (κ2) is 6.84. The Labute approximate surface area is 152 Å². The Morgan fingerprint density at radius 3 is 2.88 bits per heavy atom. The average Bonchev–Trinajstić information content (AvgIpc) is 2.96. The van der Waals surface area contributed by atoms with Gasteiger partial charge in [0, 0.05) is 28.8 Å². The zero-order chi connectivity index (χ0) is 18.2. The molecule has 2 aliphatic rings. The third-order valence-electron chi connectivity index (χ3n) is 4.61. The Balaban J connectivity index is 2.06. The summed E-state index contributed by atoms with van der Waals surface area (Å²) >= 11 is 1.43. The van der Waals surface area contributed by atoms with Crippen molar-refractivity contribution in [1.82, 2.24) is 4.90 Å². The van der Waals surface area contributed by atoms with Crippen LogP contribution in [0, 0.1) is 6.92 Å². The average molecular weight is 361 g/mol. The van der Waals surface area contributed by atoms with Crippen molar-refractivity contribution in [2.24, 2.45) is 0 Å². The summed E-state index contributed by atoms with van der Waals surface area (Å²) in [4.78, 5) is 27.6. The number of esters is 1. The molecule has 0 aromatic heterocycles. The fourth-order valence-corrected chi connectivity index (χ4v) is 4.83. The van der Waals surface area contributed by atoms with Gasteiger partial charge < -0.3 is 14.7 Å². The molecule has 1 aromatic rings. The number of unbranched alkanes of at least 4 members (excludes halogenated alkanes) is 1. The quantitative estimate of drug-likeness (QED) is 0.645. The summed E-state index contributed by atoms with van der Waals surface area (Å²) in [5.74, 6) is -0.831. The van der Waals surface area contributed by atoms with E-state index in [-0.39, 0.29) is 12.5 Å². The summed E-state index contributed by atoms with van der Waals surface area (Å²) in [6.45, 7) is 6.47. The fraction of sp³-hybridized carbons (Fsp3) is 0.474. The number of aliphatic hydroxyl groups is 1. The van der Waals surface area contributed by atoms with Crippen molar-refractivity contribution in [1.29, 1.82) is 0 Å². The number of fused-ring (bicyclic) bond motifs is 3. The number of carbonyl (C=O) groups is 2. The molecule has 0 aliphatic carbocycles. The molecule has 0 bridgehead atoms. The number of hydrogen-bond donors (Lipinski definition) is 1. The van der Waals surface area contributed by atoms with Crippen molar-refractivity contribution in [2.75, 3.05) is 13.2 Å². The number of benzene rings is 1. The summed E-state index contributed by atoms with van der Waals surface area (Å²) in [5.41, 5.74) is 0.557. The smallest absolute Gasteiger partial charge is 0.332 e. The summed E-state index contributed by atoms with van der Waals surface area (Å²) in [5, 5.41) is 10.8. The first-order chi connectivity index (χ1) is 11.9. The summed E-state index contributed by atoms with van der Waals surface area (Å²) < 4.78 is 5.03. The van der Waals surface area contributed by atoms with Crippen LogP contribution in [0.25, 0.3) is 0 Å². The first-order valence-electron chi connectivity index (χ1n) is 8.63. The molecular weight excluding hydrogens is 338 g/mol. The van der Waals surface area contributed by atoms with Gasteiger partial charge in [0.25, 0.3) is 5.91 Å². The van der Waals surface area contributed by atoms with Gasteiger partial charge in [0.15, 0.2) is 5.60 Å². The number of carbonyl (C=O) groups excluding carboxylic acids is 2. The lowest BCUT2D eigenvalue weighted by Crippen LogP contribution is -2.40. The molecule has 1 aromatic carbocycles. The molecule has 2 heterocycles. The van der Waals surface area contributed by atoms with E-state index >= 15 is 0 Å². The van der Waals surface area contributed by atoms with Crippen LogP contribution in [-0.4, -0.2) is 40.3 Å². The number of thioether (sulfide) groups is 1. The van der Waals surface area contributed by atoms with E-state index in [9.17, 15) is 14.7 Å². The minimum Gasteiger partial charge on any atom is -0.463 e. The van der Waals surface area contributed by atoms with Gasteiger partial charge in [-0.3, -0.25) is 4.79 Å². The van der Waals surface area contributed by atoms with Crippen LogP contribution in [0.15, 0.2) is 34.9 Å². The van der Waals surface area contributed by atoms with Crippen LogP contribution < -0.4 is 0 Å².